The molecule has 4 N–H and O–H groups in total. The fourth-order valence-electron chi connectivity index (χ4n) is 3.89. The van der Waals surface area contributed by atoms with Crippen molar-refractivity contribution in [3.8, 4) is 0 Å². The average Bonchev–Trinajstić information content (AvgIpc) is 3.26. The number of aliphatic hydroxyl groups is 2. The summed E-state index contributed by atoms with van der Waals surface area (Å²) in [5.74, 6) is -0.856. The Morgan fingerprint density at radius 1 is 1.19 bits per heavy atom. The van der Waals surface area contributed by atoms with Gasteiger partial charge in [0, 0.05) is 28.9 Å². The lowest BCUT2D eigenvalue weighted by Gasteiger charge is -2.21. The van der Waals surface area contributed by atoms with Crippen molar-refractivity contribution in [2.75, 3.05) is 5.32 Å². The number of carbonyl (C=O) groups is 2. The van der Waals surface area contributed by atoms with Gasteiger partial charge in [-0.15, -0.1) is 0 Å². The second-order valence-corrected chi connectivity index (χ2v) is 7.81. The van der Waals surface area contributed by atoms with Crippen LogP contribution in [0.4, 0.5) is 10.1 Å². The summed E-state index contributed by atoms with van der Waals surface area (Å²) in [6.07, 6.45) is -2.14. The summed E-state index contributed by atoms with van der Waals surface area (Å²) in [4.78, 5) is 24.6. The number of ether oxygens (including phenoxy) is 1. The number of aliphatic hydroxyl groups excluding tert-OH is 2. The van der Waals surface area contributed by atoms with Crippen molar-refractivity contribution in [3.63, 3.8) is 0 Å². The first-order chi connectivity index (χ1) is 14.8. The Balaban J connectivity index is 1.60. The zero-order valence-corrected chi connectivity index (χ0v) is 17.1. The second kappa shape index (κ2) is 8.22. The number of Topliss-reactive ketones (excluding diaryl/α,β-unsaturated/α-hetero) is 1. The zero-order valence-electron chi connectivity index (χ0n) is 17.1. The fourth-order valence-corrected chi connectivity index (χ4v) is 3.89. The van der Waals surface area contributed by atoms with E-state index in [0.29, 0.717) is 29.1 Å². The third-order valence-corrected chi connectivity index (χ3v) is 5.47. The van der Waals surface area contributed by atoms with Gasteiger partial charge >= 0.3 is 0 Å². The first-order valence-corrected chi connectivity index (χ1v) is 10.00. The number of amides is 1. The molecule has 0 aromatic heterocycles. The minimum absolute atomic E-state index is 0.256. The van der Waals surface area contributed by atoms with Crippen LogP contribution in [0.25, 0.3) is 11.3 Å². The molecule has 4 rings (SSSR count). The smallest absolute Gasteiger partial charge is 0.260 e. The van der Waals surface area contributed by atoms with E-state index < -0.39 is 29.9 Å². The maximum atomic E-state index is 13.7. The van der Waals surface area contributed by atoms with Gasteiger partial charge in [-0.3, -0.25) is 9.59 Å². The number of nitrogens with one attached hydrogen (secondary N) is 2. The van der Waals surface area contributed by atoms with Crippen LogP contribution in [0.1, 0.15) is 36.1 Å². The van der Waals surface area contributed by atoms with Crippen LogP contribution in [0, 0.1) is 5.82 Å². The summed E-state index contributed by atoms with van der Waals surface area (Å²) in [7, 11) is 0. The molecular weight excluding hydrogens is 403 g/mol. The zero-order chi connectivity index (χ0) is 22.3. The first kappa shape index (κ1) is 21.2. The van der Waals surface area contributed by atoms with Gasteiger partial charge in [0.15, 0.2) is 5.78 Å². The minimum Gasteiger partial charge on any atom is -0.487 e. The topological polar surface area (TPSA) is 108 Å². The number of fused-ring (bicyclic) bond motifs is 2. The van der Waals surface area contributed by atoms with E-state index in [4.69, 9.17) is 4.74 Å². The molecule has 0 bridgehead atoms. The molecule has 0 radical (unpaired) electrons. The van der Waals surface area contributed by atoms with Crippen molar-refractivity contribution in [1.82, 2.24) is 5.32 Å². The summed E-state index contributed by atoms with van der Waals surface area (Å²) < 4.78 is 19.6. The van der Waals surface area contributed by atoms with E-state index in [1.54, 1.807) is 0 Å². The van der Waals surface area contributed by atoms with Crippen molar-refractivity contribution in [3.05, 3.63) is 64.5 Å². The molecule has 0 saturated carbocycles. The second-order valence-electron chi connectivity index (χ2n) is 7.81. The van der Waals surface area contributed by atoms with Gasteiger partial charge in [0.1, 0.15) is 24.3 Å². The number of anilines is 1. The van der Waals surface area contributed by atoms with Crippen LogP contribution in [0.15, 0.2) is 36.4 Å². The molecule has 7 nitrogen and oxygen atoms in total. The van der Waals surface area contributed by atoms with Crippen LogP contribution in [-0.4, -0.2) is 40.2 Å². The van der Waals surface area contributed by atoms with Crippen molar-refractivity contribution < 1.29 is 28.9 Å². The fraction of sp³-hybridized carbons (Fsp3) is 0.304. The molecule has 2 aliphatic heterocycles. The highest BCUT2D eigenvalue weighted by Crippen LogP contribution is 2.41. The van der Waals surface area contributed by atoms with Gasteiger partial charge in [-0.1, -0.05) is 18.2 Å². The first-order valence-electron chi connectivity index (χ1n) is 10.00. The van der Waals surface area contributed by atoms with E-state index in [1.165, 1.54) is 32.0 Å². The summed E-state index contributed by atoms with van der Waals surface area (Å²) >= 11 is 0. The van der Waals surface area contributed by atoms with Crippen LogP contribution >= 0.6 is 0 Å². The van der Waals surface area contributed by atoms with Crippen LogP contribution in [0.2, 0.25) is 0 Å². The molecule has 0 aliphatic carbocycles. The number of halogens is 1. The highest BCUT2D eigenvalue weighted by atomic mass is 19.1. The van der Waals surface area contributed by atoms with Crippen molar-refractivity contribution >= 4 is 28.7 Å². The number of carbonyl (C=O) groups excluding carboxylic acids is 2. The molecule has 2 aromatic rings. The number of hydrogen-bond acceptors (Lipinski definition) is 6. The number of benzene rings is 2. The van der Waals surface area contributed by atoms with E-state index in [0.717, 1.165) is 16.7 Å². The molecule has 0 spiro atoms. The maximum Gasteiger partial charge on any atom is 0.260 e. The molecule has 2 aliphatic rings. The van der Waals surface area contributed by atoms with Crippen molar-refractivity contribution in [2.24, 2.45) is 0 Å². The third kappa shape index (κ3) is 3.97. The average molecular weight is 426 g/mol. The lowest BCUT2D eigenvalue weighted by Crippen LogP contribution is -2.48. The predicted molar refractivity (Wildman–Crippen MR) is 112 cm³/mol. The molecule has 1 amide bonds. The Labute approximate surface area is 178 Å². The van der Waals surface area contributed by atoms with E-state index in [1.807, 2.05) is 18.2 Å². The van der Waals surface area contributed by atoms with Crippen molar-refractivity contribution in [2.45, 2.75) is 45.2 Å². The van der Waals surface area contributed by atoms with E-state index in [2.05, 4.69) is 10.6 Å². The maximum absolute atomic E-state index is 13.7. The Bertz CT molecular complexity index is 1090. The largest absolute Gasteiger partial charge is 0.487 e. The van der Waals surface area contributed by atoms with Gasteiger partial charge in [0.05, 0.1) is 17.7 Å². The van der Waals surface area contributed by atoms with Gasteiger partial charge in [-0.05, 0) is 37.6 Å². The number of hydrogen-bond donors (Lipinski definition) is 4. The van der Waals surface area contributed by atoms with Crippen LogP contribution in [0.3, 0.4) is 0 Å². The van der Waals surface area contributed by atoms with Gasteiger partial charge in [-0.25, -0.2) is 4.39 Å². The monoisotopic (exact) mass is 426 g/mol. The molecule has 2 heterocycles. The van der Waals surface area contributed by atoms with Crippen LogP contribution in [0.5, 0.6) is 0 Å². The van der Waals surface area contributed by atoms with Crippen LogP contribution in [-0.2, 0) is 27.5 Å². The molecule has 1 unspecified atom stereocenters. The molecule has 162 valence electrons. The molecule has 31 heavy (non-hydrogen) atoms. The van der Waals surface area contributed by atoms with Crippen molar-refractivity contribution in [1.29, 1.82) is 0 Å². The summed E-state index contributed by atoms with van der Waals surface area (Å²) in [5, 5.41) is 25.1. The van der Waals surface area contributed by atoms with E-state index in [-0.39, 0.29) is 12.5 Å². The Morgan fingerprint density at radius 2 is 1.97 bits per heavy atom. The summed E-state index contributed by atoms with van der Waals surface area (Å²) in [6.45, 7) is 3.40. The quantitative estimate of drug-likeness (QED) is 0.526. The lowest BCUT2D eigenvalue weighted by molar-refractivity contribution is -0.130. The highest BCUT2D eigenvalue weighted by molar-refractivity contribution is 6.36. The van der Waals surface area contributed by atoms with Gasteiger partial charge in [0.25, 0.3) is 5.91 Å². The molecule has 2 aromatic carbocycles. The molecular formula is C23H23FN2O5. The van der Waals surface area contributed by atoms with Gasteiger partial charge in [-0.2, -0.15) is 0 Å². The van der Waals surface area contributed by atoms with E-state index >= 15 is 0 Å². The molecule has 3 atom stereocenters. The third-order valence-electron chi connectivity index (χ3n) is 5.47. The highest BCUT2D eigenvalue weighted by Gasteiger charge is 2.33. The number of ketones is 1. The molecule has 0 saturated heterocycles. The van der Waals surface area contributed by atoms with E-state index in [9.17, 15) is 24.2 Å². The summed E-state index contributed by atoms with van der Waals surface area (Å²) in [5.41, 5.74) is 3.76. The predicted octanol–water partition coefficient (Wildman–Crippen LogP) is 1.97. The normalized spacial score (nSPS) is 19.8. The molecule has 0 fully saturated rings. The van der Waals surface area contributed by atoms with Crippen LogP contribution < -0.4 is 10.6 Å². The Hall–Kier alpha value is -3.07. The Morgan fingerprint density at radius 3 is 2.68 bits per heavy atom. The van der Waals surface area contributed by atoms with Gasteiger partial charge in [0.2, 0.25) is 0 Å². The summed E-state index contributed by atoms with van der Waals surface area (Å²) in [6, 6.07) is 8.76. The number of rotatable bonds is 6. The SMILES string of the molecule is CC(O)C(=O)[C@@H](NCc1ccc2c(c1)CO/C2=C1/C(=O)Nc2ccc(F)cc21)[C@@H](C)O. The Kier molecular flexibility index (Phi) is 5.62. The molecule has 8 heteroatoms. The standard InChI is InChI=1S/C23H23FN2O5/c1-11(27)20(21(29)12(2)28)25-9-13-3-5-16-14(7-13)10-31-22(16)19-17-8-15(24)4-6-18(17)26-23(19)30/h3-8,11-12,20,25,27-28H,9-10H2,1-2H3,(H,26,30)/b22-19+/t11-,12?,20+/m1/s1. The minimum atomic E-state index is -1.18. The lowest BCUT2D eigenvalue weighted by atomic mass is 9.98. The van der Waals surface area contributed by atoms with Gasteiger partial charge < -0.3 is 25.6 Å².